The molecule has 1 fully saturated rings. The van der Waals surface area contributed by atoms with Gasteiger partial charge in [0.25, 0.3) is 0 Å². The summed E-state index contributed by atoms with van der Waals surface area (Å²) in [6, 6.07) is 1.77. The third-order valence-electron chi connectivity index (χ3n) is 3.23. The summed E-state index contributed by atoms with van der Waals surface area (Å²) >= 11 is 0. The Labute approximate surface area is 118 Å². The van der Waals surface area contributed by atoms with Gasteiger partial charge in [-0.3, -0.25) is 4.79 Å². The van der Waals surface area contributed by atoms with Gasteiger partial charge in [-0.2, -0.15) is 0 Å². The fourth-order valence-electron chi connectivity index (χ4n) is 1.99. The molecule has 0 radical (unpaired) electrons. The molecule has 110 valence electrons. The van der Waals surface area contributed by atoms with Crippen LogP contribution >= 0.6 is 0 Å². The normalized spacial score (nSPS) is 13.9. The standard InChI is InChI=1S/C13H22N6O/c1-3-15-12(20)8-19(4-2)11-7-10(18-14)16-13(17-11)9-5-6-9/h7,9H,3-6,8,14H2,1-2H3,(H,15,20)(H,16,17,18). The molecule has 1 heterocycles. The molecule has 20 heavy (non-hydrogen) atoms. The second-order valence-corrected chi connectivity index (χ2v) is 4.86. The van der Waals surface area contributed by atoms with Crippen LogP contribution in [0, 0.1) is 0 Å². The summed E-state index contributed by atoms with van der Waals surface area (Å²) in [7, 11) is 0. The number of carbonyl (C=O) groups excluding carboxylic acids is 1. The van der Waals surface area contributed by atoms with E-state index in [1.807, 2.05) is 18.7 Å². The number of nitrogens with two attached hydrogens (primary N) is 1. The first-order valence-electron chi connectivity index (χ1n) is 7.05. The van der Waals surface area contributed by atoms with E-state index in [2.05, 4.69) is 20.7 Å². The number of hydrazine groups is 1. The second kappa shape index (κ2) is 6.51. The smallest absolute Gasteiger partial charge is 0.239 e. The number of carbonyl (C=O) groups is 1. The highest BCUT2D eigenvalue weighted by Gasteiger charge is 2.28. The molecule has 4 N–H and O–H groups in total. The number of nitrogens with one attached hydrogen (secondary N) is 2. The Bertz CT molecular complexity index is 474. The summed E-state index contributed by atoms with van der Waals surface area (Å²) in [5, 5.41) is 2.79. The molecule has 0 unspecified atom stereocenters. The molecule has 1 aliphatic rings. The van der Waals surface area contributed by atoms with Crippen molar-refractivity contribution in [2.24, 2.45) is 5.84 Å². The lowest BCUT2D eigenvalue weighted by molar-refractivity contribution is -0.119. The highest BCUT2D eigenvalue weighted by molar-refractivity contribution is 5.81. The average Bonchev–Trinajstić information content (AvgIpc) is 3.29. The van der Waals surface area contributed by atoms with E-state index in [-0.39, 0.29) is 12.5 Å². The van der Waals surface area contributed by atoms with Crippen molar-refractivity contribution >= 4 is 17.5 Å². The van der Waals surface area contributed by atoms with Crippen molar-refractivity contribution in [2.75, 3.05) is 30.0 Å². The molecule has 2 rings (SSSR count). The zero-order valence-corrected chi connectivity index (χ0v) is 12.0. The summed E-state index contributed by atoms with van der Waals surface area (Å²) in [5.74, 6) is 8.02. The predicted molar refractivity (Wildman–Crippen MR) is 78.4 cm³/mol. The molecule has 0 aromatic carbocycles. The SMILES string of the molecule is CCNC(=O)CN(CC)c1cc(NN)nc(C2CC2)n1. The number of amides is 1. The van der Waals surface area contributed by atoms with Gasteiger partial charge < -0.3 is 15.6 Å². The van der Waals surface area contributed by atoms with Crippen molar-refractivity contribution in [2.45, 2.75) is 32.6 Å². The van der Waals surface area contributed by atoms with Crippen molar-refractivity contribution < 1.29 is 4.79 Å². The molecule has 0 spiro atoms. The van der Waals surface area contributed by atoms with Gasteiger partial charge in [0.1, 0.15) is 17.5 Å². The molecule has 0 atom stereocenters. The maximum Gasteiger partial charge on any atom is 0.239 e. The molecule has 0 bridgehead atoms. The van der Waals surface area contributed by atoms with Crippen LogP contribution in [0.4, 0.5) is 11.6 Å². The zero-order valence-electron chi connectivity index (χ0n) is 12.0. The van der Waals surface area contributed by atoms with E-state index in [1.165, 1.54) is 0 Å². The van der Waals surface area contributed by atoms with Crippen LogP contribution in [0.25, 0.3) is 0 Å². The van der Waals surface area contributed by atoms with Crippen molar-refractivity contribution in [3.63, 3.8) is 0 Å². The lowest BCUT2D eigenvalue weighted by atomic mass is 10.3. The van der Waals surface area contributed by atoms with Crippen LogP contribution in [0.3, 0.4) is 0 Å². The first-order valence-corrected chi connectivity index (χ1v) is 7.05. The fourth-order valence-corrected chi connectivity index (χ4v) is 1.99. The van der Waals surface area contributed by atoms with E-state index in [4.69, 9.17) is 5.84 Å². The van der Waals surface area contributed by atoms with E-state index < -0.39 is 0 Å². The van der Waals surface area contributed by atoms with Crippen LogP contribution < -0.4 is 21.5 Å². The maximum atomic E-state index is 11.7. The molecule has 1 aliphatic carbocycles. The summed E-state index contributed by atoms with van der Waals surface area (Å²) in [5.41, 5.74) is 2.57. The Hall–Kier alpha value is -1.89. The Morgan fingerprint density at radius 3 is 2.75 bits per heavy atom. The van der Waals surface area contributed by atoms with E-state index in [9.17, 15) is 4.79 Å². The summed E-state index contributed by atoms with van der Waals surface area (Å²) in [4.78, 5) is 22.6. The van der Waals surface area contributed by atoms with Crippen LogP contribution in [0.15, 0.2) is 6.07 Å². The Morgan fingerprint density at radius 1 is 1.45 bits per heavy atom. The van der Waals surface area contributed by atoms with E-state index in [1.54, 1.807) is 6.07 Å². The third kappa shape index (κ3) is 3.57. The van der Waals surface area contributed by atoms with Crippen LogP contribution in [0.1, 0.15) is 38.4 Å². The molecule has 1 saturated carbocycles. The zero-order chi connectivity index (χ0) is 14.5. The van der Waals surface area contributed by atoms with Gasteiger partial charge in [0.2, 0.25) is 5.91 Å². The van der Waals surface area contributed by atoms with Gasteiger partial charge in [0.15, 0.2) is 0 Å². The van der Waals surface area contributed by atoms with Gasteiger partial charge in [-0.25, -0.2) is 15.8 Å². The number of nitrogens with zero attached hydrogens (tertiary/aromatic N) is 3. The van der Waals surface area contributed by atoms with E-state index in [0.717, 1.165) is 24.5 Å². The van der Waals surface area contributed by atoms with Gasteiger partial charge in [0, 0.05) is 25.1 Å². The highest BCUT2D eigenvalue weighted by atomic mass is 16.2. The average molecular weight is 278 g/mol. The Kier molecular flexibility index (Phi) is 4.73. The van der Waals surface area contributed by atoms with Crippen molar-refractivity contribution in [3.05, 3.63) is 11.9 Å². The molecule has 0 saturated heterocycles. The largest absolute Gasteiger partial charge is 0.355 e. The summed E-state index contributed by atoms with van der Waals surface area (Å²) in [6.07, 6.45) is 2.24. The number of rotatable bonds is 7. The highest BCUT2D eigenvalue weighted by Crippen LogP contribution is 2.39. The Morgan fingerprint density at radius 2 is 2.20 bits per heavy atom. The molecule has 1 aromatic heterocycles. The molecule has 7 nitrogen and oxygen atoms in total. The minimum Gasteiger partial charge on any atom is -0.355 e. The van der Waals surface area contributed by atoms with E-state index in [0.29, 0.717) is 24.8 Å². The first kappa shape index (κ1) is 14.5. The van der Waals surface area contributed by atoms with Gasteiger partial charge in [-0.1, -0.05) is 0 Å². The number of aromatic nitrogens is 2. The molecule has 1 aromatic rings. The van der Waals surface area contributed by atoms with Gasteiger partial charge >= 0.3 is 0 Å². The maximum absolute atomic E-state index is 11.7. The number of likely N-dealkylation sites (N-methyl/N-ethyl adjacent to an activating group) is 2. The molecular formula is C13H22N6O. The van der Waals surface area contributed by atoms with Gasteiger partial charge in [-0.05, 0) is 26.7 Å². The quantitative estimate of drug-likeness (QED) is 0.499. The third-order valence-corrected chi connectivity index (χ3v) is 3.23. The molecule has 0 aliphatic heterocycles. The number of nitrogen functional groups attached to an aromatic ring is 1. The summed E-state index contributed by atoms with van der Waals surface area (Å²) in [6.45, 7) is 5.51. The van der Waals surface area contributed by atoms with E-state index >= 15 is 0 Å². The molecule has 1 amide bonds. The minimum atomic E-state index is -0.0109. The molecule has 7 heteroatoms. The topological polar surface area (TPSA) is 96.2 Å². The monoisotopic (exact) mass is 278 g/mol. The van der Waals surface area contributed by atoms with Crippen molar-refractivity contribution in [1.29, 1.82) is 0 Å². The fraction of sp³-hybridized carbons (Fsp3) is 0.615. The number of anilines is 2. The lowest BCUT2D eigenvalue weighted by Crippen LogP contribution is -2.37. The lowest BCUT2D eigenvalue weighted by Gasteiger charge is -2.22. The summed E-state index contributed by atoms with van der Waals surface area (Å²) < 4.78 is 0. The first-order chi connectivity index (χ1) is 9.67. The Balaban J connectivity index is 2.19. The minimum absolute atomic E-state index is 0.0109. The number of hydrogen-bond donors (Lipinski definition) is 3. The second-order valence-electron chi connectivity index (χ2n) is 4.86. The predicted octanol–water partition coefficient (Wildman–Crippen LogP) is 0.602. The number of hydrogen-bond acceptors (Lipinski definition) is 6. The van der Waals surface area contributed by atoms with Crippen molar-refractivity contribution in [3.8, 4) is 0 Å². The van der Waals surface area contributed by atoms with Gasteiger partial charge in [0.05, 0.1) is 6.54 Å². The van der Waals surface area contributed by atoms with Crippen LogP contribution in [-0.2, 0) is 4.79 Å². The van der Waals surface area contributed by atoms with Crippen molar-refractivity contribution in [1.82, 2.24) is 15.3 Å². The van der Waals surface area contributed by atoms with Crippen LogP contribution in [0.5, 0.6) is 0 Å². The van der Waals surface area contributed by atoms with Gasteiger partial charge in [-0.15, -0.1) is 0 Å². The van der Waals surface area contributed by atoms with Crippen LogP contribution in [-0.4, -0.2) is 35.5 Å². The van der Waals surface area contributed by atoms with Crippen LogP contribution in [0.2, 0.25) is 0 Å². The molecular weight excluding hydrogens is 256 g/mol.